The number of rotatable bonds is 4. The number of carbonyl (C=O) groups is 2. The molecule has 0 fully saturated rings. The number of hydrogen-bond donors (Lipinski definition) is 1. The van der Waals surface area contributed by atoms with Crippen molar-refractivity contribution in [3.05, 3.63) is 71.8 Å². The molecule has 0 bridgehead atoms. The molecular formula is C18H16N4O3. The highest BCUT2D eigenvalue weighted by atomic mass is 16.5. The molecule has 0 saturated heterocycles. The maximum Gasteiger partial charge on any atom is 0.337 e. The number of anilines is 1. The molecule has 3 rings (SSSR count). The molecule has 7 heteroatoms. The molecule has 1 amide bonds. The molecule has 1 aromatic heterocycles. The van der Waals surface area contributed by atoms with Crippen molar-refractivity contribution >= 4 is 17.6 Å². The smallest absolute Gasteiger partial charge is 0.337 e. The quantitative estimate of drug-likeness (QED) is 0.740. The van der Waals surface area contributed by atoms with Gasteiger partial charge in [0.15, 0.2) is 0 Å². The molecule has 2 aromatic carbocycles. The van der Waals surface area contributed by atoms with Gasteiger partial charge >= 0.3 is 5.97 Å². The van der Waals surface area contributed by atoms with Crippen LogP contribution in [0.3, 0.4) is 0 Å². The van der Waals surface area contributed by atoms with Crippen LogP contribution in [0.4, 0.5) is 5.69 Å². The summed E-state index contributed by atoms with van der Waals surface area (Å²) in [5, 5.41) is 6.87. The third-order valence-electron chi connectivity index (χ3n) is 3.56. The summed E-state index contributed by atoms with van der Waals surface area (Å²) < 4.78 is 6.17. The maximum absolute atomic E-state index is 12.2. The van der Waals surface area contributed by atoms with E-state index in [9.17, 15) is 9.59 Å². The van der Waals surface area contributed by atoms with Crippen LogP contribution in [-0.2, 0) is 4.74 Å². The minimum Gasteiger partial charge on any atom is -0.465 e. The maximum atomic E-state index is 12.2. The van der Waals surface area contributed by atoms with E-state index in [2.05, 4.69) is 20.1 Å². The first-order valence-corrected chi connectivity index (χ1v) is 7.55. The van der Waals surface area contributed by atoms with E-state index in [1.54, 1.807) is 24.3 Å². The van der Waals surface area contributed by atoms with Crippen LogP contribution in [-0.4, -0.2) is 33.8 Å². The molecule has 0 unspecified atom stereocenters. The molecule has 0 saturated carbocycles. The van der Waals surface area contributed by atoms with E-state index < -0.39 is 11.9 Å². The van der Waals surface area contributed by atoms with E-state index in [0.29, 0.717) is 11.3 Å². The van der Waals surface area contributed by atoms with Crippen LogP contribution < -0.4 is 5.32 Å². The second-order valence-electron chi connectivity index (χ2n) is 5.37. The van der Waals surface area contributed by atoms with Crippen molar-refractivity contribution in [3.8, 4) is 5.69 Å². The second-order valence-corrected chi connectivity index (χ2v) is 5.37. The average molecular weight is 336 g/mol. The zero-order valence-corrected chi connectivity index (χ0v) is 13.8. The first-order valence-electron chi connectivity index (χ1n) is 7.55. The Morgan fingerprint density at radius 1 is 1.04 bits per heavy atom. The van der Waals surface area contributed by atoms with Crippen LogP contribution in [0.2, 0.25) is 0 Å². The highest BCUT2D eigenvalue weighted by Crippen LogP contribution is 2.12. The zero-order valence-electron chi connectivity index (χ0n) is 13.8. The van der Waals surface area contributed by atoms with E-state index in [-0.39, 0.29) is 5.82 Å². The summed E-state index contributed by atoms with van der Waals surface area (Å²) in [5.41, 5.74) is 2.89. The number of hydrogen-bond acceptors (Lipinski definition) is 5. The Bertz CT molecular complexity index is 899. The second kappa shape index (κ2) is 6.96. The Morgan fingerprint density at radius 3 is 2.36 bits per heavy atom. The largest absolute Gasteiger partial charge is 0.465 e. The van der Waals surface area contributed by atoms with Crippen molar-refractivity contribution in [3.63, 3.8) is 0 Å². The standard InChI is InChI=1S/C18H16N4O3/c1-12-3-9-15(10-4-12)22-11-19-16(21-22)17(23)20-14-7-5-13(6-8-14)18(24)25-2/h3-11H,1-2H3,(H,20,23). The first kappa shape index (κ1) is 16.4. The highest BCUT2D eigenvalue weighted by molar-refractivity contribution is 6.01. The minimum atomic E-state index is -0.434. The Kier molecular flexibility index (Phi) is 4.56. The SMILES string of the molecule is COC(=O)c1ccc(NC(=O)c2ncn(-c3ccc(C)cc3)n2)cc1. The monoisotopic (exact) mass is 336 g/mol. The van der Waals surface area contributed by atoms with Crippen LogP contribution in [0, 0.1) is 6.92 Å². The summed E-state index contributed by atoms with van der Waals surface area (Å²) in [6.45, 7) is 2.00. The summed E-state index contributed by atoms with van der Waals surface area (Å²) in [7, 11) is 1.31. The third-order valence-corrected chi connectivity index (χ3v) is 3.56. The van der Waals surface area contributed by atoms with E-state index in [1.165, 1.54) is 18.1 Å². The van der Waals surface area contributed by atoms with Gasteiger partial charge in [0, 0.05) is 5.69 Å². The van der Waals surface area contributed by atoms with Gasteiger partial charge in [0.2, 0.25) is 5.82 Å². The number of amides is 1. The lowest BCUT2D eigenvalue weighted by molar-refractivity contribution is 0.0600. The average Bonchev–Trinajstić information content (AvgIpc) is 3.12. The Labute approximate surface area is 144 Å². The molecule has 0 aliphatic carbocycles. The molecule has 1 heterocycles. The van der Waals surface area contributed by atoms with Gasteiger partial charge in [-0.3, -0.25) is 4.79 Å². The fourth-order valence-electron chi connectivity index (χ4n) is 2.18. The van der Waals surface area contributed by atoms with Gasteiger partial charge in [-0.2, -0.15) is 0 Å². The topological polar surface area (TPSA) is 86.1 Å². The number of nitrogens with zero attached hydrogens (tertiary/aromatic N) is 3. The van der Waals surface area contributed by atoms with Crippen molar-refractivity contribution in [2.24, 2.45) is 0 Å². The van der Waals surface area contributed by atoms with E-state index in [0.717, 1.165) is 11.3 Å². The lowest BCUT2D eigenvalue weighted by Crippen LogP contribution is -2.14. The molecule has 3 aromatic rings. The van der Waals surface area contributed by atoms with Gasteiger partial charge in [0.25, 0.3) is 5.91 Å². The number of aromatic nitrogens is 3. The summed E-state index contributed by atoms with van der Waals surface area (Å²) in [4.78, 5) is 27.7. The van der Waals surface area contributed by atoms with Gasteiger partial charge < -0.3 is 10.1 Å². The van der Waals surface area contributed by atoms with E-state index in [1.807, 2.05) is 31.2 Å². The Hall–Kier alpha value is -3.48. The van der Waals surface area contributed by atoms with Crippen LogP contribution in [0.15, 0.2) is 54.9 Å². The number of carbonyl (C=O) groups excluding carboxylic acids is 2. The van der Waals surface area contributed by atoms with Gasteiger partial charge in [-0.15, -0.1) is 5.10 Å². The molecule has 126 valence electrons. The Morgan fingerprint density at radius 2 is 1.72 bits per heavy atom. The van der Waals surface area contributed by atoms with Gasteiger partial charge in [0.1, 0.15) is 6.33 Å². The van der Waals surface area contributed by atoms with Crippen LogP contribution in [0.5, 0.6) is 0 Å². The molecule has 1 N–H and O–H groups in total. The molecular weight excluding hydrogens is 320 g/mol. The lowest BCUT2D eigenvalue weighted by Gasteiger charge is -2.04. The van der Waals surface area contributed by atoms with Crippen molar-refractivity contribution in [2.75, 3.05) is 12.4 Å². The molecule has 0 aliphatic heterocycles. The summed E-state index contributed by atoms with van der Waals surface area (Å²) in [6.07, 6.45) is 1.49. The van der Waals surface area contributed by atoms with Crippen molar-refractivity contribution in [1.29, 1.82) is 0 Å². The van der Waals surface area contributed by atoms with E-state index in [4.69, 9.17) is 0 Å². The molecule has 25 heavy (non-hydrogen) atoms. The lowest BCUT2D eigenvalue weighted by atomic mass is 10.2. The minimum absolute atomic E-state index is 0.0534. The molecule has 7 nitrogen and oxygen atoms in total. The van der Waals surface area contributed by atoms with Crippen LogP contribution in [0.1, 0.15) is 26.5 Å². The number of nitrogens with one attached hydrogen (secondary N) is 1. The zero-order chi connectivity index (χ0) is 17.8. The van der Waals surface area contributed by atoms with Gasteiger partial charge in [-0.1, -0.05) is 17.7 Å². The predicted octanol–water partition coefficient (Wildman–Crippen LogP) is 2.61. The Balaban J connectivity index is 1.71. The fraction of sp³-hybridized carbons (Fsp3) is 0.111. The molecule has 0 aliphatic rings. The van der Waals surface area contributed by atoms with Gasteiger partial charge in [-0.05, 0) is 43.3 Å². The molecule has 0 atom stereocenters. The fourth-order valence-corrected chi connectivity index (χ4v) is 2.18. The van der Waals surface area contributed by atoms with Gasteiger partial charge in [-0.25, -0.2) is 14.5 Å². The van der Waals surface area contributed by atoms with Crippen molar-refractivity contribution in [1.82, 2.24) is 14.8 Å². The summed E-state index contributed by atoms with van der Waals surface area (Å²) >= 11 is 0. The predicted molar refractivity (Wildman–Crippen MR) is 91.8 cm³/mol. The number of benzene rings is 2. The van der Waals surface area contributed by atoms with E-state index >= 15 is 0 Å². The number of aryl methyl sites for hydroxylation is 1. The third kappa shape index (κ3) is 3.72. The molecule has 0 radical (unpaired) electrons. The van der Waals surface area contributed by atoms with Gasteiger partial charge in [0.05, 0.1) is 18.4 Å². The number of methoxy groups -OCH3 is 1. The van der Waals surface area contributed by atoms with Crippen LogP contribution >= 0.6 is 0 Å². The summed E-state index contributed by atoms with van der Waals surface area (Å²) in [5.74, 6) is -0.814. The highest BCUT2D eigenvalue weighted by Gasteiger charge is 2.13. The molecule has 0 spiro atoms. The normalized spacial score (nSPS) is 10.3. The first-order chi connectivity index (χ1) is 12.1. The number of esters is 1. The van der Waals surface area contributed by atoms with Crippen molar-refractivity contribution in [2.45, 2.75) is 6.92 Å². The van der Waals surface area contributed by atoms with Crippen molar-refractivity contribution < 1.29 is 14.3 Å². The summed E-state index contributed by atoms with van der Waals surface area (Å²) in [6, 6.07) is 14.1. The number of ether oxygens (including phenoxy) is 1. The van der Waals surface area contributed by atoms with Crippen LogP contribution in [0.25, 0.3) is 5.69 Å².